The molecule has 0 spiro atoms. The molecule has 0 saturated heterocycles. The van der Waals surface area contributed by atoms with Crippen molar-refractivity contribution < 1.29 is 24.1 Å². The predicted molar refractivity (Wildman–Crippen MR) is 53.5 cm³/mol. The first-order chi connectivity index (χ1) is 7.06. The summed E-state index contributed by atoms with van der Waals surface area (Å²) in [5.74, 6) is -2.75. The summed E-state index contributed by atoms with van der Waals surface area (Å²) in [7, 11) is 0. The normalized spacial score (nSPS) is 14.9. The summed E-state index contributed by atoms with van der Waals surface area (Å²) in [5.41, 5.74) is 5.21. The quantitative estimate of drug-likeness (QED) is 0.414. The first kappa shape index (κ1) is 14.3. The average molecular weight is 221 g/mol. The van der Waals surface area contributed by atoms with Gasteiger partial charge in [-0.3, -0.25) is 0 Å². The highest BCUT2D eigenvalue weighted by atomic mass is 16.7. The van der Waals surface area contributed by atoms with E-state index in [0.717, 1.165) is 0 Å². The minimum Gasteiger partial charge on any atom is -0.477 e. The standard InChI is InChI=1S/C9H19NO5/c1-3-14-9(2,8(11)12)15-7-6-13-5-4-10/h3-7,10H2,1-2H3,(H,11,12). The van der Waals surface area contributed by atoms with E-state index in [1.54, 1.807) is 6.92 Å². The molecule has 0 bridgehead atoms. The zero-order valence-electron chi connectivity index (χ0n) is 9.19. The number of carboxylic acid groups (broad SMARTS) is 1. The maximum atomic E-state index is 10.8. The van der Waals surface area contributed by atoms with Crippen molar-refractivity contribution in [3.05, 3.63) is 0 Å². The number of ether oxygens (including phenoxy) is 3. The molecule has 0 aromatic carbocycles. The van der Waals surface area contributed by atoms with Crippen LogP contribution in [-0.4, -0.2) is 49.8 Å². The van der Waals surface area contributed by atoms with Gasteiger partial charge in [0.25, 0.3) is 5.79 Å². The highest BCUT2D eigenvalue weighted by molar-refractivity contribution is 5.75. The van der Waals surface area contributed by atoms with Gasteiger partial charge in [0.1, 0.15) is 0 Å². The number of nitrogens with two attached hydrogens (primary N) is 1. The third-order valence-electron chi connectivity index (χ3n) is 1.68. The summed E-state index contributed by atoms with van der Waals surface area (Å²) in [6.07, 6.45) is 0. The summed E-state index contributed by atoms with van der Waals surface area (Å²) < 4.78 is 15.1. The van der Waals surface area contributed by atoms with E-state index in [-0.39, 0.29) is 13.2 Å². The molecule has 0 rings (SSSR count). The van der Waals surface area contributed by atoms with E-state index in [1.807, 2.05) is 0 Å². The Morgan fingerprint density at radius 3 is 2.47 bits per heavy atom. The lowest BCUT2D eigenvalue weighted by atomic mass is 10.3. The second kappa shape index (κ2) is 7.58. The fraction of sp³-hybridized carbons (Fsp3) is 0.889. The molecular formula is C9H19NO5. The van der Waals surface area contributed by atoms with Crippen molar-refractivity contribution in [1.82, 2.24) is 0 Å². The highest BCUT2D eigenvalue weighted by Gasteiger charge is 2.34. The number of hydrogen-bond acceptors (Lipinski definition) is 5. The molecule has 0 saturated carbocycles. The SMILES string of the molecule is CCOC(C)(OCCOCCN)C(=O)O. The fourth-order valence-corrected chi connectivity index (χ4v) is 0.921. The molecule has 0 aliphatic carbocycles. The van der Waals surface area contributed by atoms with Crippen LogP contribution in [0.3, 0.4) is 0 Å². The smallest absolute Gasteiger partial charge is 0.364 e. The van der Waals surface area contributed by atoms with Crippen LogP contribution in [0.1, 0.15) is 13.8 Å². The van der Waals surface area contributed by atoms with E-state index >= 15 is 0 Å². The largest absolute Gasteiger partial charge is 0.477 e. The molecule has 90 valence electrons. The van der Waals surface area contributed by atoms with Gasteiger partial charge in [0.15, 0.2) is 0 Å². The van der Waals surface area contributed by atoms with Gasteiger partial charge in [-0.2, -0.15) is 0 Å². The highest BCUT2D eigenvalue weighted by Crippen LogP contribution is 2.12. The van der Waals surface area contributed by atoms with E-state index in [2.05, 4.69) is 0 Å². The van der Waals surface area contributed by atoms with Crippen LogP contribution in [0.4, 0.5) is 0 Å². The van der Waals surface area contributed by atoms with Crippen molar-refractivity contribution in [3.63, 3.8) is 0 Å². The van der Waals surface area contributed by atoms with Gasteiger partial charge >= 0.3 is 5.97 Å². The Labute approximate surface area is 89.3 Å². The van der Waals surface area contributed by atoms with Crippen LogP contribution in [0, 0.1) is 0 Å². The second-order valence-electron chi connectivity index (χ2n) is 2.93. The van der Waals surface area contributed by atoms with E-state index < -0.39 is 11.8 Å². The third-order valence-corrected chi connectivity index (χ3v) is 1.68. The Morgan fingerprint density at radius 2 is 2.00 bits per heavy atom. The molecule has 0 aliphatic rings. The molecule has 1 unspecified atom stereocenters. The lowest BCUT2D eigenvalue weighted by Crippen LogP contribution is -2.42. The first-order valence-electron chi connectivity index (χ1n) is 4.86. The monoisotopic (exact) mass is 221 g/mol. The molecule has 0 fully saturated rings. The molecule has 0 amide bonds. The Hall–Kier alpha value is -0.690. The number of aliphatic carboxylic acids is 1. The van der Waals surface area contributed by atoms with Gasteiger partial charge in [-0.25, -0.2) is 4.79 Å². The minimum absolute atomic E-state index is 0.156. The number of carbonyl (C=O) groups is 1. The maximum absolute atomic E-state index is 10.8. The summed E-state index contributed by atoms with van der Waals surface area (Å²) in [4.78, 5) is 10.8. The van der Waals surface area contributed by atoms with E-state index in [4.69, 9.17) is 25.1 Å². The molecule has 6 heteroatoms. The van der Waals surface area contributed by atoms with Crippen molar-refractivity contribution in [1.29, 1.82) is 0 Å². The van der Waals surface area contributed by atoms with Gasteiger partial charge in [-0.1, -0.05) is 0 Å². The van der Waals surface area contributed by atoms with Crippen LogP contribution >= 0.6 is 0 Å². The van der Waals surface area contributed by atoms with Crippen molar-refractivity contribution >= 4 is 5.97 Å². The van der Waals surface area contributed by atoms with E-state index in [0.29, 0.717) is 19.8 Å². The number of carboxylic acids is 1. The van der Waals surface area contributed by atoms with Crippen molar-refractivity contribution in [3.8, 4) is 0 Å². The molecule has 1 atom stereocenters. The zero-order chi connectivity index (χ0) is 11.7. The molecule has 0 aliphatic heterocycles. The Balaban J connectivity index is 3.81. The summed E-state index contributed by atoms with van der Waals surface area (Å²) in [6.45, 7) is 4.66. The molecule has 0 aromatic heterocycles. The molecule has 0 aromatic rings. The Morgan fingerprint density at radius 1 is 1.33 bits per heavy atom. The topological polar surface area (TPSA) is 91.0 Å². The molecule has 0 heterocycles. The molecule has 15 heavy (non-hydrogen) atoms. The Bertz CT molecular complexity index is 187. The molecule has 0 radical (unpaired) electrons. The lowest BCUT2D eigenvalue weighted by molar-refractivity contribution is -0.237. The fourth-order valence-electron chi connectivity index (χ4n) is 0.921. The van der Waals surface area contributed by atoms with Crippen LogP contribution in [0.15, 0.2) is 0 Å². The van der Waals surface area contributed by atoms with Gasteiger partial charge in [0.2, 0.25) is 0 Å². The molecular weight excluding hydrogens is 202 g/mol. The number of rotatable bonds is 9. The molecule has 6 nitrogen and oxygen atoms in total. The van der Waals surface area contributed by atoms with Gasteiger partial charge in [-0.15, -0.1) is 0 Å². The van der Waals surface area contributed by atoms with Crippen LogP contribution in [0.2, 0.25) is 0 Å². The van der Waals surface area contributed by atoms with E-state index in [9.17, 15) is 4.79 Å². The summed E-state index contributed by atoms with van der Waals surface area (Å²) in [6, 6.07) is 0. The minimum atomic E-state index is -1.60. The van der Waals surface area contributed by atoms with Gasteiger partial charge < -0.3 is 25.1 Å². The van der Waals surface area contributed by atoms with Crippen molar-refractivity contribution in [2.75, 3.05) is 33.0 Å². The number of hydrogen-bond donors (Lipinski definition) is 2. The van der Waals surface area contributed by atoms with Gasteiger partial charge in [-0.05, 0) is 6.92 Å². The third kappa shape index (κ3) is 5.68. The summed E-state index contributed by atoms with van der Waals surface area (Å²) >= 11 is 0. The summed E-state index contributed by atoms with van der Waals surface area (Å²) in [5, 5.41) is 8.86. The lowest BCUT2D eigenvalue weighted by Gasteiger charge is -2.24. The van der Waals surface area contributed by atoms with Gasteiger partial charge in [0.05, 0.1) is 19.8 Å². The van der Waals surface area contributed by atoms with Crippen molar-refractivity contribution in [2.24, 2.45) is 5.73 Å². The van der Waals surface area contributed by atoms with Crippen LogP contribution < -0.4 is 5.73 Å². The average Bonchev–Trinajstić information content (AvgIpc) is 2.18. The molecule has 3 N–H and O–H groups in total. The van der Waals surface area contributed by atoms with Crippen LogP contribution in [0.5, 0.6) is 0 Å². The second-order valence-corrected chi connectivity index (χ2v) is 2.93. The first-order valence-corrected chi connectivity index (χ1v) is 4.86. The van der Waals surface area contributed by atoms with Crippen molar-refractivity contribution in [2.45, 2.75) is 19.6 Å². The Kier molecular flexibility index (Phi) is 7.23. The zero-order valence-corrected chi connectivity index (χ0v) is 9.19. The van der Waals surface area contributed by atoms with Crippen LogP contribution in [0.25, 0.3) is 0 Å². The predicted octanol–water partition coefficient (Wildman–Crippen LogP) is -0.184. The van der Waals surface area contributed by atoms with Gasteiger partial charge in [0, 0.05) is 20.1 Å². The van der Waals surface area contributed by atoms with Crippen LogP contribution in [-0.2, 0) is 19.0 Å². The maximum Gasteiger partial charge on any atom is 0.364 e. The van der Waals surface area contributed by atoms with E-state index in [1.165, 1.54) is 6.92 Å².